The number of hydrogen-bond acceptors (Lipinski definition) is 7. The van der Waals surface area contributed by atoms with Crippen LogP contribution in [-0.4, -0.2) is 69.1 Å². The van der Waals surface area contributed by atoms with E-state index in [1.54, 1.807) is 36.3 Å². The lowest BCUT2D eigenvalue weighted by Crippen LogP contribution is -2.77. The first kappa shape index (κ1) is 21.9. The first-order chi connectivity index (χ1) is 16.2. The highest BCUT2D eigenvalue weighted by Crippen LogP contribution is 2.65. The number of benzene rings is 2. The quantitative estimate of drug-likeness (QED) is 0.708. The molecule has 1 saturated carbocycles. The lowest BCUT2D eigenvalue weighted by Gasteiger charge is -2.61. The van der Waals surface area contributed by atoms with Gasteiger partial charge in [-0.15, -0.1) is 0 Å². The van der Waals surface area contributed by atoms with Crippen LogP contribution in [0, 0.1) is 0 Å². The van der Waals surface area contributed by atoms with E-state index in [4.69, 9.17) is 9.47 Å². The van der Waals surface area contributed by atoms with Gasteiger partial charge in [0.2, 0.25) is 10.0 Å². The molecule has 0 aromatic heterocycles. The normalized spacial score (nSPS) is 31.6. The molecule has 2 heterocycles. The second-order valence-electron chi connectivity index (χ2n) is 9.94. The summed E-state index contributed by atoms with van der Waals surface area (Å²) in [5.74, 6) is 1.00. The number of Topliss-reactive ketones (excluding diaryl/α,β-unsaturated/α-hetero) is 1. The van der Waals surface area contributed by atoms with Gasteiger partial charge in [0.1, 0.15) is 4.90 Å². The Hall–Kier alpha value is -2.62. The highest BCUT2D eigenvalue weighted by molar-refractivity contribution is 7.89. The molecule has 2 aliphatic heterocycles. The molecule has 9 heteroatoms. The standard InChI is InChI=1S/C25H28N2O6S/c1-26(2)16-6-4-5-7-19(16)34(30,31)27-13-12-24-21-15-8-9-18(32-3)22(21)33-23(24)17(28)10-11-25(24,29)20(27)14-15/h4-9,20,23,29H,10-14H2,1-3H3/t20-,23+,24+,25-/m1/s1. The second-order valence-corrected chi connectivity index (χ2v) is 11.8. The van der Waals surface area contributed by atoms with Crippen molar-refractivity contribution in [1.82, 2.24) is 4.31 Å². The minimum Gasteiger partial charge on any atom is -0.493 e. The molecular weight excluding hydrogens is 456 g/mol. The summed E-state index contributed by atoms with van der Waals surface area (Å²) < 4.78 is 41.4. The van der Waals surface area contributed by atoms with Crippen molar-refractivity contribution < 1.29 is 27.8 Å². The van der Waals surface area contributed by atoms with E-state index in [1.165, 1.54) is 4.31 Å². The molecule has 1 spiro atoms. The minimum atomic E-state index is -3.93. The van der Waals surface area contributed by atoms with Crippen molar-refractivity contribution in [2.45, 2.75) is 53.7 Å². The Morgan fingerprint density at radius 3 is 2.68 bits per heavy atom. The fourth-order valence-corrected chi connectivity index (χ4v) is 8.83. The van der Waals surface area contributed by atoms with Gasteiger partial charge in [0, 0.05) is 32.6 Å². The number of hydrogen-bond donors (Lipinski definition) is 1. The third-order valence-electron chi connectivity index (χ3n) is 8.35. The molecule has 2 aromatic rings. The van der Waals surface area contributed by atoms with Gasteiger partial charge in [-0.25, -0.2) is 8.42 Å². The molecule has 180 valence electrons. The van der Waals surface area contributed by atoms with Crippen molar-refractivity contribution in [3.8, 4) is 11.5 Å². The number of aliphatic hydroxyl groups is 1. The van der Waals surface area contributed by atoms with Crippen LogP contribution in [0.2, 0.25) is 0 Å². The van der Waals surface area contributed by atoms with Gasteiger partial charge in [-0.2, -0.15) is 4.31 Å². The van der Waals surface area contributed by atoms with Crippen LogP contribution in [0.25, 0.3) is 0 Å². The number of nitrogens with zero attached hydrogens (tertiary/aromatic N) is 2. The van der Waals surface area contributed by atoms with Crippen LogP contribution in [0.15, 0.2) is 41.3 Å². The maximum atomic E-state index is 14.1. The molecule has 0 radical (unpaired) electrons. The van der Waals surface area contributed by atoms with Crippen molar-refractivity contribution in [2.24, 2.45) is 0 Å². The summed E-state index contributed by atoms with van der Waals surface area (Å²) in [6.07, 6.45) is 0.157. The van der Waals surface area contributed by atoms with Crippen LogP contribution in [-0.2, 0) is 26.7 Å². The van der Waals surface area contributed by atoms with E-state index in [0.717, 1.165) is 11.1 Å². The molecule has 1 saturated heterocycles. The Morgan fingerprint density at radius 2 is 1.94 bits per heavy atom. The van der Waals surface area contributed by atoms with Crippen LogP contribution >= 0.6 is 0 Å². The molecule has 4 atom stereocenters. The SMILES string of the molecule is COc1ccc2c3c1O[C@H]1C(=O)CC[C@@]4(O)[C@@H](C2)N(S(=O)(=O)c2ccccc2N(C)C)CC[C@]314. The van der Waals surface area contributed by atoms with Crippen LogP contribution in [0.5, 0.6) is 11.5 Å². The van der Waals surface area contributed by atoms with Crippen molar-refractivity contribution in [3.63, 3.8) is 0 Å². The Morgan fingerprint density at radius 1 is 1.18 bits per heavy atom. The van der Waals surface area contributed by atoms with Crippen LogP contribution in [0.3, 0.4) is 0 Å². The Bertz CT molecular complexity index is 1320. The number of rotatable bonds is 4. The number of piperidine rings is 1. The van der Waals surface area contributed by atoms with Gasteiger partial charge in [0.05, 0.1) is 29.9 Å². The molecule has 34 heavy (non-hydrogen) atoms. The number of ether oxygens (including phenoxy) is 2. The van der Waals surface area contributed by atoms with Crippen molar-refractivity contribution in [2.75, 3.05) is 32.6 Å². The Balaban J connectivity index is 1.55. The lowest BCUT2D eigenvalue weighted by molar-refractivity contribution is -0.177. The molecule has 0 amide bonds. The van der Waals surface area contributed by atoms with E-state index in [9.17, 15) is 18.3 Å². The van der Waals surface area contributed by atoms with E-state index in [0.29, 0.717) is 30.0 Å². The summed E-state index contributed by atoms with van der Waals surface area (Å²) in [6.45, 7) is 0.195. The van der Waals surface area contributed by atoms with Crippen molar-refractivity contribution >= 4 is 21.5 Å². The average molecular weight is 485 g/mol. The smallest absolute Gasteiger partial charge is 0.245 e. The maximum absolute atomic E-state index is 14.1. The van der Waals surface area contributed by atoms with E-state index >= 15 is 0 Å². The van der Waals surface area contributed by atoms with E-state index in [-0.39, 0.29) is 30.1 Å². The monoisotopic (exact) mass is 484 g/mol. The molecule has 2 aromatic carbocycles. The predicted molar refractivity (Wildman–Crippen MR) is 125 cm³/mol. The molecule has 2 aliphatic carbocycles. The van der Waals surface area contributed by atoms with Crippen molar-refractivity contribution in [3.05, 3.63) is 47.5 Å². The summed E-state index contributed by atoms with van der Waals surface area (Å²) in [4.78, 5) is 15.1. The molecule has 8 nitrogen and oxygen atoms in total. The van der Waals surface area contributed by atoms with Gasteiger partial charge in [0.25, 0.3) is 0 Å². The number of carbonyl (C=O) groups excluding carboxylic acids is 1. The molecular formula is C25H28N2O6S. The van der Waals surface area contributed by atoms with Gasteiger partial charge in [-0.3, -0.25) is 4.79 Å². The average Bonchev–Trinajstić information content (AvgIpc) is 3.16. The van der Waals surface area contributed by atoms with Gasteiger partial charge in [-0.05, 0) is 43.0 Å². The van der Waals surface area contributed by atoms with Gasteiger partial charge in [0.15, 0.2) is 23.4 Å². The van der Waals surface area contributed by atoms with E-state index in [1.807, 2.05) is 26.2 Å². The van der Waals surface area contributed by atoms with Gasteiger partial charge in [-0.1, -0.05) is 18.2 Å². The topological polar surface area (TPSA) is 96.4 Å². The summed E-state index contributed by atoms with van der Waals surface area (Å²) in [5, 5.41) is 12.4. The number of sulfonamides is 1. The first-order valence-corrected chi connectivity index (χ1v) is 13.0. The molecule has 2 bridgehead atoms. The molecule has 1 N–H and O–H groups in total. The summed E-state index contributed by atoms with van der Waals surface area (Å²) in [7, 11) is 1.25. The number of ketones is 1. The summed E-state index contributed by atoms with van der Waals surface area (Å²) in [6, 6.07) is 9.94. The third-order valence-corrected chi connectivity index (χ3v) is 10.3. The lowest BCUT2D eigenvalue weighted by atomic mass is 9.49. The summed E-state index contributed by atoms with van der Waals surface area (Å²) >= 11 is 0. The molecule has 0 unspecified atom stereocenters. The molecule has 6 rings (SSSR count). The Labute approximate surface area is 199 Å². The Kier molecular flexibility index (Phi) is 4.48. The minimum absolute atomic E-state index is 0.0520. The highest BCUT2D eigenvalue weighted by Gasteiger charge is 2.74. The largest absolute Gasteiger partial charge is 0.493 e. The zero-order valence-electron chi connectivity index (χ0n) is 19.4. The fourth-order valence-electron chi connectivity index (χ4n) is 6.90. The second kappa shape index (κ2) is 6.96. The number of carbonyl (C=O) groups is 1. The molecule has 4 aliphatic rings. The third kappa shape index (κ3) is 2.44. The summed E-state index contributed by atoms with van der Waals surface area (Å²) in [5.41, 5.74) is -0.0664. The first-order valence-electron chi connectivity index (χ1n) is 11.6. The zero-order valence-corrected chi connectivity index (χ0v) is 20.3. The van der Waals surface area contributed by atoms with Crippen LogP contribution < -0.4 is 14.4 Å². The van der Waals surface area contributed by atoms with Crippen molar-refractivity contribution in [1.29, 1.82) is 0 Å². The van der Waals surface area contributed by atoms with Crippen LogP contribution in [0.4, 0.5) is 5.69 Å². The van der Waals surface area contributed by atoms with Crippen LogP contribution in [0.1, 0.15) is 30.4 Å². The number of methoxy groups -OCH3 is 1. The van der Waals surface area contributed by atoms with Gasteiger partial charge < -0.3 is 19.5 Å². The number of anilines is 1. The maximum Gasteiger partial charge on any atom is 0.245 e. The fraction of sp³-hybridized carbons (Fsp3) is 0.480. The van der Waals surface area contributed by atoms with E-state index < -0.39 is 33.2 Å². The van der Waals surface area contributed by atoms with Gasteiger partial charge >= 0.3 is 0 Å². The number of para-hydroxylation sites is 1. The highest BCUT2D eigenvalue weighted by atomic mass is 32.2. The molecule has 2 fully saturated rings. The zero-order chi connectivity index (χ0) is 24.0. The van der Waals surface area contributed by atoms with E-state index in [2.05, 4.69) is 0 Å². The predicted octanol–water partition coefficient (Wildman–Crippen LogP) is 1.87.